The summed E-state index contributed by atoms with van der Waals surface area (Å²) < 4.78 is 13.2. The average Bonchev–Trinajstić information content (AvgIpc) is 3.11. The van der Waals surface area contributed by atoms with Crippen molar-refractivity contribution in [1.29, 1.82) is 0 Å². The van der Waals surface area contributed by atoms with Gasteiger partial charge in [-0.15, -0.1) is 0 Å². The molecule has 1 saturated carbocycles. The number of aromatic nitrogens is 6. The van der Waals surface area contributed by atoms with Crippen molar-refractivity contribution in [2.75, 3.05) is 17.3 Å². The Morgan fingerprint density at radius 1 is 1.21 bits per heavy atom. The first-order chi connectivity index (χ1) is 14.1. The lowest BCUT2D eigenvalue weighted by atomic mass is 10.2. The molecule has 0 saturated heterocycles. The van der Waals surface area contributed by atoms with Gasteiger partial charge < -0.3 is 15.2 Å². The number of aromatic amines is 2. The first-order valence-electron chi connectivity index (χ1n) is 9.55. The van der Waals surface area contributed by atoms with Gasteiger partial charge in [0.1, 0.15) is 12.0 Å². The van der Waals surface area contributed by atoms with E-state index in [2.05, 4.69) is 37.4 Å². The Bertz CT molecular complexity index is 1150. The van der Waals surface area contributed by atoms with Gasteiger partial charge in [0.2, 0.25) is 5.95 Å². The van der Waals surface area contributed by atoms with Crippen LogP contribution in [0.25, 0.3) is 11.0 Å². The molecule has 0 bridgehead atoms. The molecule has 0 aliphatic heterocycles. The normalized spacial score (nSPS) is 19.3. The third-order valence-electron chi connectivity index (χ3n) is 5.36. The molecule has 148 valence electrons. The van der Waals surface area contributed by atoms with Crippen LogP contribution >= 0.6 is 0 Å². The minimum Gasteiger partial charge on any atom is -0.360 e. The highest BCUT2D eigenvalue weighted by molar-refractivity contribution is 5.74. The van der Waals surface area contributed by atoms with Crippen molar-refractivity contribution in [3.8, 4) is 0 Å². The predicted octanol–water partition coefficient (Wildman–Crippen LogP) is 3.84. The topological polar surface area (TPSA) is 98.4 Å². The summed E-state index contributed by atoms with van der Waals surface area (Å²) in [6.45, 7) is 2.06. The molecule has 9 heteroatoms. The summed E-state index contributed by atoms with van der Waals surface area (Å²) in [5.74, 6) is 1.74. The molecule has 4 heterocycles. The Hall–Kier alpha value is -3.49. The van der Waals surface area contributed by atoms with Crippen molar-refractivity contribution in [2.45, 2.75) is 31.5 Å². The SMILES string of the molecule is C[C@@H](c1ccc2[nH]ccc2n1)N(C)c1nccc(Nc2cc([C@@H]3C[C@H]3F)[nH]n2)n1. The van der Waals surface area contributed by atoms with Crippen molar-refractivity contribution in [3.63, 3.8) is 0 Å². The molecule has 29 heavy (non-hydrogen) atoms. The van der Waals surface area contributed by atoms with Gasteiger partial charge in [-0.3, -0.25) is 5.10 Å². The number of alkyl halides is 1. The summed E-state index contributed by atoms with van der Waals surface area (Å²) in [6.07, 6.45) is 3.38. The van der Waals surface area contributed by atoms with Crippen LogP contribution in [-0.4, -0.2) is 43.4 Å². The van der Waals surface area contributed by atoms with Gasteiger partial charge in [0.25, 0.3) is 0 Å². The Kier molecular flexibility index (Phi) is 4.15. The van der Waals surface area contributed by atoms with E-state index < -0.39 is 6.17 Å². The van der Waals surface area contributed by atoms with Gasteiger partial charge in [-0.1, -0.05) is 0 Å². The third-order valence-corrected chi connectivity index (χ3v) is 5.36. The molecule has 1 aliphatic carbocycles. The summed E-state index contributed by atoms with van der Waals surface area (Å²) >= 11 is 0. The van der Waals surface area contributed by atoms with Crippen LogP contribution in [0.5, 0.6) is 0 Å². The minimum absolute atomic E-state index is 0.0158. The van der Waals surface area contributed by atoms with Crippen molar-refractivity contribution < 1.29 is 4.39 Å². The first kappa shape index (κ1) is 17.6. The standard InChI is InChI=1S/C20H21FN8/c1-11(14-3-4-15-16(24-14)5-7-22-15)29(2)20-23-8-6-18(26-20)25-19-10-17(27-28-19)12-9-13(12)21/h3-8,10-13,22H,9H2,1-2H3,(H2,23,25,26,27,28)/t11-,12+,13+/m0/s1. The van der Waals surface area contributed by atoms with Crippen LogP contribution < -0.4 is 10.2 Å². The molecule has 0 unspecified atom stereocenters. The molecule has 0 aromatic carbocycles. The zero-order chi connectivity index (χ0) is 20.0. The number of anilines is 3. The summed E-state index contributed by atoms with van der Waals surface area (Å²) in [5, 5.41) is 10.2. The molecule has 4 aromatic heterocycles. The van der Waals surface area contributed by atoms with Crippen LogP contribution in [0.3, 0.4) is 0 Å². The molecular formula is C20H21FN8. The van der Waals surface area contributed by atoms with Crippen molar-refractivity contribution in [1.82, 2.24) is 30.1 Å². The Morgan fingerprint density at radius 3 is 2.90 bits per heavy atom. The molecular weight excluding hydrogens is 371 g/mol. The Labute approximate surface area is 166 Å². The van der Waals surface area contributed by atoms with E-state index in [9.17, 15) is 4.39 Å². The summed E-state index contributed by atoms with van der Waals surface area (Å²) in [7, 11) is 1.94. The molecule has 3 atom stereocenters. The molecule has 3 N–H and O–H groups in total. The van der Waals surface area contributed by atoms with Gasteiger partial charge in [-0.25, -0.2) is 14.4 Å². The first-order valence-corrected chi connectivity index (χ1v) is 9.55. The highest BCUT2D eigenvalue weighted by atomic mass is 19.1. The number of pyridine rings is 1. The molecule has 5 rings (SSSR count). The lowest BCUT2D eigenvalue weighted by molar-refractivity contribution is 0.466. The van der Waals surface area contributed by atoms with Gasteiger partial charge in [0, 0.05) is 37.1 Å². The maximum Gasteiger partial charge on any atom is 0.227 e. The minimum atomic E-state index is -0.761. The average molecular weight is 392 g/mol. The predicted molar refractivity (Wildman–Crippen MR) is 109 cm³/mol. The van der Waals surface area contributed by atoms with E-state index in [1.807, 2.05) is 42.4 Å². The fraction of sp³-hybridized carbons (Fsp3) is 0.300. The van der Waals surface area contributed by atoms with E-state index in [4.69, 9.17) is 4.98 Å². The number of hydrogen-bond donors (Lipinski definition) is 3. The summed E-state index contributed by atoms with van der Waals surface area (Å²) in [4.78, 5) is 18.8. The van der Waals surface area contributed by atoms with E-state index in [1.54, 1.807) is 12.3 Å². The van der Waals surface area contributed by atoms with Crippen LogP contribution in [-0.2, 0) is 0 Å². The van der Waals surface area contributed by atoms with Crippen LogP contribution in [0.15, 0.2) is 42.7 Å². The maximum atomic E-state index is 13.2. The van der Waals surface area contributed by atoms with E-state index in [0.29, 0.717) is 24.0 Å². The summed E-state index contributed by atoms with van der Waals surface area (Å²) in [6, 6.07) is 9.57. The summed E-state index contributed by atoms with van der Waals surface area (Å²) in [5.41, 5.74) is 3.68. The van der Waals surface area contributed by atoms with E-state index in [-0.39, 0.29) is 12.0 Å². The third kappa shape index (κ3) is 3.39. The van der Waals surface area contributed by atoms with Gasteiger partial charge >= 0.3 is 0 Å². The number of halogens is 1. The van der Waals surface area contributed by atoms with Gasteiger partial charge in [0.15, 0.2) is 5.82 Å². The second-order valence-corrected chi connectivity index (χ2v) is 7.37. The zero-order valence-corrected chi connectivity index (χ0v) is 16.1. The van der Waals surface area contributed by atoms with E-state index >= 15 is 0 Å². The van der Waals surface area contributed by atoms with Crippen LogP contribution in [0, 0.1) is 0 Å². The van der Waals surface area contributed by atoms with Gasteiger partial charge in [-0.2, -0.15) is 10.1 Å². The lowest BCUT2D eigenvalue weighted by Crippen LogP contribution is -2.24. The fourth-order valence-electron chi connectivity index (χ4n) is 3.35. The molecule has 8 nitrogen and oxygen atoms in total. The molecule has 0 amide bonds. The van der Waals surface area contributed by atoms with Crippen LogP contribution in [0.4, 0.5) is 22.0 Å². The largest absolute Gasteiger partial charge is 0.360 e. The van der Waals surface area contributed by atoms with Crippen LogP contribution in [0.1, 0.15) is 36.7 Å². The van der Waals surface area contributed by atoms with Crippen molar-refractivity contribution in [2.24, 2.45) is 0 Å². The highest BCUT2D eigenvalue weighted by Crippen LogP contribution is 2.43. The number of nitrogens with one attached hydrogen (secondary N) is 3. The molecule has 0 spiro atoms. The monoisotopic (exact) mass is 392 g/mol. The second kappa shape index (κ2) is 6.84. The van der Waals surface area contributed by atoms with E-state index in [0.717, 1.165) is 22.4 Å². The number of nitrogens with zero attached hydrogens (tertiary/aromatic N) is 5. The van der Waals surface area contributed by atoms with Crippen LogP contribution in [0.2, 0.25) is 0 Å². The number of hydrogen-bond acceptors (Lipinski definition) is 6. The lowest BCUT2D eigenvalue weighted by Gasteiger charge is -2.24. The Morgan fingerprint density at radius 2 is 2.07 bits per heavy atom. The second-order valence-electron chi connectivity index (χ2n) is 7.37. The molecule has 0 radical (unpaired) electrons. The maximum absolute atomic E-state index is 13.2. The number of rotatable bonds is 6. The van der Waals surface area contributed by atoms with E-state index in [1.165, 1.54) is 0 Å². The molecule has 4 aromatic rings. The fourth-order valence-corrected chi connectivity index (χ4v) is 3.35. The van der Waals surface area contributed by atoms with Gasteiger partial charge in [0.05, 0.1) is 22.8 Å². The van der Waals surface area contributed by atoms with Gasteiger partial charge in [-0.05, 0) is 37.6 Å². The quantitative estimate of drug-likeness (QED) is 0.461. The Balaban J connectivity index is 1.33. The smallest absolute Gasteiger partial charge is 0.227 e. The zero-order valence-electron chi connectivity index (χ0n) is 16.1. The number of fused-ring (bicyclic) bond motifs is 1. The van der Waals surface area contributed by atoms with Crippen molar-refractivity contribution >= 4 is 28.6 Å². The number of H-pyrrole nitrogens is 2. The molecule has 1 aliphatic rings. The van der Waals surface area contributed by atoms with Crippen molar-refractivity contribution in [3.05, 3.63) is 54.1 Å². The molecule has 1 fully saturated rings. The highest BCUT2D eigenvalue weighted by Gasteiger charge is 2.40.